The second-order valence-corrected chi connectivity index (χ2v) is 3.69. The second kappa shape index (κ2) is 3.61. The predicted octanol–water partition coefficient (Wildman–Crippen LogP) is 2.25. The third-order valence-electron chi connectivity index (χ3n) is 1.72. The van der Waals surface area contributed by atoms with Gasteiger partial charge < -0.3 is 5.11 Å². The molecule has 0 amide bonds. The van der Waals surface area contributed by atoms with E-state index in [2.05, 4.69) is 24.0 Å². The van der Waals surface area contributed by atoms with Gasteiger partial charge >= 0.3 is 0 Å². The summed E-state index contributed by atoms with van der Waals surface area (Å²) < 4.78 is 1.24. The van der Waals surface area contributed by atoms with Crippen molar-refractivity contribution in [2.24, 2.45) is 0 Å². The van der Waals surface area contributed by atoms with Crippen LogP contribution in [-0.4, -0.2) is 11.7 Å². The lowest BCUT2D eigenvalue weighted by Gasteiger charge is -1.82. The molecular weight excluding hydrogens is 180 g/mol. The average molecular weight is 188 g/mol. The van der Waals surface area contributed by atoms with Crippen LogP contribution in [0.1, 0.15) is 4.88 Å². The molecule has 0 aliphatic rings. The molecule has 0 unspecified atom stereocenters. The molecule has 1 aromatic heterocycles. The lowest BCUT2D eigenvalue weighted by atomic mass is 10.2. The monoisotopic (exact) mass is 188 g/mol. The fourth-order valence-electron chi connectivity index (χ4n) is 1.17. The quantitative estimate of drug-likeness (QED) is 0.629. The zero-order valence-corrected chi connectivity index (χ0v) is 7.77. The van der Waals surface area contributed by atoms with Crippen molar-refractivity contribution in [3.8, 4) is 11.8 Å². The molecule has 1 nitrogen and oxygen atoms in total. The number of aliphatic hydroxyl groups excluding tert-OH is 1. The first-order valence-corrected chi connectivity index (χ1v) is 4.80. The van der Waals surface area contributed by atoms with Gasteiger partial charge in [-0.2, -0.15) is 0 Å². The SMILES string of the molecule is OCC#Cc1cc2ccccc2s1. The number of hydrogen-bond donors (Lipinski definition) is 1. The Kier molecular flexibility index (Phi) is 2.31. The molecule has 0 saturated heterocycles. The molecule has 1 heterocycles. The summed E-state index contributed by atoms with van der Waals surface area (Å²) in [7, 11) is 0. The molecule has 0 aliphatic carbocycles. The maximum absolute atomic E-state index is 8.53. The van der Waals surface area contributed by atoms with Gasteiger partial charge in [-0.15, -0.1) is 11.3 Å². The van der Waals surface area contributed by atoms with Crippen LogP contribution in [0.25, 0.3) is 10.1 Å². The zero-order chi connectivity index (χ0) is 9.10. The fraction of sp³-hybridized carbons (Fsp3) is 0.0909. The van der Waals surface area contributed by atoms with E-state index < -0.39 is 0 Å². The Morgan fingerprint density at radius 2 is 2.15 bits per heavy atom. The maximum Gasteiger partial charge on any atom is 0.104 e. The maximum atomic E-state index is 8.53. The van der Waals surface area contributed by atoms with Crippen LogP contribution in [0.15, 0.2) is 30.3 Å². The van der Waals surface area contributed by atoms with E-state index in [4.69, 9.17) is 5.11 Å². The Labute approximate surface area is 80.6 Å². The molecule has 2 heteroatoms. The summed E-state index contributed by atoms with van der Waals surface area (Å²) in [5.74, 6) is 5.54. The first kappa shape index (κ1) is 8.31. The number of benzene rings is 1. The highest BCUT2D eigenvalue weighted by atomic mass is 32.1. The summed E-state index contributed by atoms with van der Waals surface area (Å²) in [6.45, 7) is -0.0752. The minimum Gasteiger partial charge on any atom is -0.384 e. The van der Waals surface area contributed by atoms with Crippen LogP contribution in [0.5, 0.6) is 0 Å². The summed E-state index contributed by atoms with van der Waals surface area (Å²) in [5.41, 5.74) is 0. The molecule has 2 aromatic rings. The van der Waals surface area contributed by atoms with E-state index in [9.17, 15) is 0 Å². The first-order valence-electron chi connectivity index (χ1n) is 3.98. The molecule has 13 heavy (non-hydrogen) atoms. The number of thiophene rings is 1. The van der Waals surface area contributed by atoms with Crippen molar-refractivity contribution < 1.29 is 5.11 Å². The van der Waals surface area contributed by atoms with Crippen LogP contribution in [0.2, 0.25) is 0 Å². The highest BCUT2D eigenvalue weighted by Gasteiger charge is 1.96. The summed E-state index contributed by atoms with van der Waals surface area (Å²) in [6.07, 6.45) is 0. The van der Waals surface area contributed by atoms with Gasteiger partial charge in [0.05, 0.1) is 4.88 Å². The van der Waals surface area contributed by atoms with E-state index in [1.165, 1.54) is 10.1 Å². The molecule has 0 fully saturated rings. The molecule has 0 spiro atoms. The van der Waals surface area contributed by atoms with E-state index in [0.29, 0.717) is 0 Å². The van der Waals surface area contributed by atoms with Crippen LogP contribution >= 0.6 is 11.3 Å². The van der Waals surface area contributed by atoms with Crippen LogP contribution < -0.4 is 0 Å². The third-order valence-corrected chi connectivity index (χ3v) is 2.75. The highest BCUT2D eigenvalue weighted by Crippen LogP contribution is 2.24. The fourth-order valence-corrected chi connectivity index (χ4v) is 2.11. The molecule has 0 bridgehead atoms. The van der Waals surface area contributed by atoms with Crippen molar-refractivity contribution in [1.29, 1.82) is 0 Å². The van der Waals surface area contributed by atoms with Gasteiger partial charge in [0.25, 0.3) is 0 Å². The molecule has 0 radical (unpaired) electrons. The number of fused-ring (bicyclic) bond motifs is 1. The summed E-state index contributed by atoms with van der Waals surface area (Å²) >= 11 is 1.65. The van der Waals surface area contributed by atoms with Gasteiger partial charge in [0.2, 0.25) is 0 Å². The van der Waals surface area contributed by atoms with Gasteiger partial charge in [-0.3, -0.25) is 0 Å². The number of rotatable bonds is 0. The summed E-state index contributed by atoms with van der Waals surface area (Å²) in [6, 6.07) is 10.2. The average Bonchev–Trinajstić information content (AvgIpc) is 2.57. The Bertz CT molecular complexity index is 440. The Morgan fingerprint density at radius 1 is 1.31 bits per heavy atom. The molecule has 2 rings (SSSR count). The minimum atomic E-state index is -0.0752. The molecule has 0 saturated carbocycles. The number of hydrogen-bond acceptors (Lipinski definition) is 2. The topological polar surface area (TPSA) is 20.2 Å². The van der Waals surface area contributed by atoms with Crippen molar-refractivity contribution in [3.63, 3.8) is 0 Å². The lowest BCUT2D eigenvalue weighted by molar-refractivity contribution is 0.350. The van der Waals surface area contributed by atoms with Crippen molar-refractivity contribution in [3.05, 3.63) is 35.2 Å². The Hall–Kier alpha value is -1.30. The van der Waals surface area contributed by atoms with Crippen molar-refractivity contribution in [1.82, 2.24) is 0 Å². The molecule has 1 aromatic carbocycles. The predicted molar refractivity (Wildman–Crippen MR) is 55.8 cm³/mol. The van der Waals surface area contributed by atoms with Crippen molar-refractivity contribution >= 4 is 21.4 Å². The lowest BCUT2D eigenvalue weighted by Crippen LogP contribution is -1.70. The molecule has 0 atom stereocenters. The van der Waals surface area contributed by atoms with Gasteiger partial charge in [-0.05, 0) is 17.5 Å². The van der Waals surface area contributed by atoms with Crippen molar-refractivity contribution in [2.45, 2.75) is 0 Å². The van der Waals surface area contributed by atoms with Gasteiger partial charge in [-0.1, -0.05) is 30.0 Å². The standard InChI is InChI=1S/C11H8OS/c12-7-3-5-10-8-9-4-1-2-6-11(9)13-10/h1-2,4,6,8,12H,7H2. The zero-order valence-electron chi connectivity index (χ0n) is 6.95. The summed E-state index contributed by atoms with van der Waals surface area (Å²) in [4.78, 5) is 1.01. The summed E-state index contributed by atoms with van der Waals surface area (Å²) in [5, 5.41) is 9.75. The molecule has 64 valence electrons. The van der Waals surface area contributed by atoms with Crippen LogP contribution in [0.3, 0.4) is 0 Å². The van der Waals surface area contributed by atoms with Gasteiger partial charge in [0, 0.05) is 4.70 Å². The third kappa shape index (κ3) is 1.72. The van der Waals surface area contributed by atoms with E-state index in [0.717, 1.165) is 4.88 Å². The minimum absolute atomic E-state index is 0.0752. The van der Waals surface area contributed by atoms with E-state index in [1.54, 1.807) is 11.3 Å². The first-order chi connectivity index (χ1) is 6.40. The molecule has 0 aliphatic heterocycles. The number of aliphatic hydroxyl groups is 1. The van der Waals surface area contributed by atoms with E-state index in [1.807, 2.05) is 18.2 Å². The van der Waals surface area contributed by atoms with Crippen LogP contribution in [-0.2, 0) is 0 Å². The van der Waals surface area contributed by atoms with Crippen LogP contribution in [0, 0.1) is 11.8 Å². The van der Waals surface area contributed by atoms with Gasteiger partial charge in [0.1, 0.15) is 6.61 Å². The smallest absolute Gasteiger partial charge is 0.104 e. The molecule has 1 N–H and O–H groups in total. The Morgan fingerprint density at radius 3 is 2.92 bits per heavy atom. The normalized spacial score (nSPS) is 9.62. The molecular formula is C11H8OS. The van der Waals surface area contributed by atoms with E-state index >= 15 is 0 Å². The van der Waals surface area contributed by atoms with Gasteiger partial charge in [-0.25, -0.2) is 0 Å². The largest absolute Gasteiger partial charge is 0.384 e. The van der Waals surface area contributed by atoms with Crippen LogP contribution in [0.4, 0.5) is 0 Å². The second-order valence-electron chi connectivity index (χ2n) is 2.61. The van der Waals surface area contributed by atoms with E-state index in [-0.39, 0.29) is 6.61 Å². The van der Waals surface area contributed by atoms with Gasteiger partial charge in [0.15, 0.2) is 0 Å². The van der Waals surface area contributed by atoms with Crippen molar-refractivity contribution in [2.75, 3.05) is 6.61 Å². The Balaban J connectivity index is 2.50. The highest BCUT2D eigenvalue weighted by molar-refractivity contribution is 7.19.